The van der Waals surface area contributed by atoms with E-state index in [4.69, 9.17) is 0 Å². The summed E-state index contributed by atoms with van der Waals surface area (Å²) in [6.45, 7) is 5.51. The normalized spacial score (nSPS) is 12.0. The van der Waals surface area contributed by atoms with Crippen molar-refractivity contribution in [3.63, 3.8) is 0 Å². The number of guanidine groups is 1. The quantitative estimate of drug-likeness (QED) is 0.298. The first-order valence-corrected chi connectivity index (χ1v) is 10.1. The Morgan fingerprint density at radius 3 is 2.52 bits per heavy atom. The maximum Gasteiger partial charge on any atom is 0.253 e. The van der Waals surface area contributed by atoms with E-state index in [0.717, 1.165) is 18.1 Å². The van der Waals surface area contributed by atoms with Crippen molar-refractivity contribution >= 4 is 35.8 Å². The van der Waals surface area contributed by atoms with E-state index < -0.39 is 11.6 Å². The second-order valence-electron chi connectivity index (χ2n) is 7.36. The minimum Gasteiger partial charge on any atom is -0.357 e. The minimum atomic E-state index is -0.585. The third-order valence-corrected chi connectivity index (χ3v) is 4.65. The van der Waals surface area contributed by atoms with E-state index in [1.54, 1.807) is 25.1 Å². The molecule has 2 aromatic rings. The van der Waals surface area contributed by atoms with Crippen LogP contribution in [-0.2, 0) is 6.42 Å². The van der Waals surface area contributed by atoms with Crippen LogP contribution in [0, 0.1) is 11.6 Å². The van der Waals surface area contributed by atoms with Crippen molar-refractivity contribution in [1.29, 1.82) is 0 Å². The van der Waals surface area contributed by atoms with Crippen molar-refractivity contribution in [1.82, 2.24) is 15.5 Å². The standard InChI is InChI=1S/C23H30F2N4O.HI/c1-5-26-23(28-15-16(2)20-10-9-19(24)14-21(20)25)27-12-11-17-7-6-8-18(13-17)22(30)29(3)4;/h6-10,13-14,16H,5,11-12,15H2,1-4H3,(H2,26,27,28);1H. The summed E-state index contributed by atoms with van der Waals surface area (Å²) in [7, 11) is 3.46. The molecule has 0 aliphatic carbocycles. The Morgan fingerprint density at radius 1 is 1.13 bits per heavy atom. The topological polar surface area (TPSA) is 56.7 Å². The van der Waals surface area contributed by atoms with E-state index in [2.05, 4.69) is 15.6 Å². The Hall–Kier alpha value is -2.23. The summed E-state index contributed by atoms with van der Waals surface area (Å²) in [6, 6.07) is 11.2. The first-order valence-electron chi connectivity index (χ1n) is 10.1. The van der Waals surface area contributed by atoms with Crippen LogP contribution in [0.25, 0.3) is 0 Å². The highest BCUT2D eigenvalue weighted by molar-refractivity contribution is 14.0. The average molecular weight is 544 g/mol. The van der Waals surface area contributed by atoms with Gasteiger partial charge >= 0.3 is 0 Å². The largest absolute Gasteiger partial charge is 0.357 e. The molecule has 0 aliphatic heterocycles. The van der Waals surface area contributed by atoms with Gasteiger partial charge in [-0.3, -0.25) is 9.79 Å². The summed E-state index contributed by atoms with van der Waals surface area (Å²) in [4.78, 5) is 18.2. The van der Waals surface area contributed by atoms with Gasteiger partial charge in [-0.15, -0.1) is 24.0 Å². The molecule has 2 rings (SSSR count). The van der Waals surface area contributed by atoms with Crippen molar-refractivity contribution in [2.75, 3.05) is 33.7 Å². The first kappa shape index (κ1) is 26.8. The fourth-order valence-corrected chi connectivity index (χ4v) is 3.01. The SMILES string of the molecule is CCNC(=NCC(C)c1ccc(F)cc1F)NCCc1cccc(C(=O)N(C)C)c1.I. The molecule has 1 amide bonds. The number of aliphatic imine (C=N–C) groups is 1. The number of nitrogens with one attached hydrogen (secondary N) is 2. The molecule has 0 aliphatic rings. The maximum atomic E-state index is 14.0. The predicted octanol–water partition coefficient (Wildman–Crippen LogP) is 4.19. The number of rotatable bonds is 8. The van der Waals surface area contributed by atoms with Gasteiger partial charge in [-0.25, -0.2) is 8.78 Å². The van der Waals surface area contributed by atoms with Crippen LogP contribution in [0.1, 0.15) is 41.3 Å². The Balaban J connectivity index is 0.00000480. The molecule has 0 radical (unpaired) electrons. The van der Waals surface area contributed by atoms with Crippen molar-refractivity contribution in [3.05, 3.63) is 70.8 Å². The van der Waals surface area contributed by atoms with Crippen LogP contribution in [0.2, 0.25) is 0 Å². The molecule has 170 valence electrons. The Labute approximate surface area is 200 Å². The van der Waals surface area contributed by atoms with Gasteiger partial charge in [0.15, 0.2) is 5.96 Å². The van der Waals surface area contributed by atoms with Crippen LogP contribution < -0.4 is 10.6 Å². The number of amides is 1. The lowest BCUT2D eigenvalue weighted by atomic mass is 10.0. The molecule has 1 unspecified atom stereocenters. The molecule has 5 nitrogen and oxygen atoms in total. The monoisotopic (exact) mass is 544 g/mol. The third-order valence-electron chi connectivity index (χ3n) is 4.65. The second-order valence-corrected chi connectivity index (χ2v) is 7.36. The summed E-state index contributed by atoms with van der Waals surface area (Å²) >= 11 is 0. The molecule has 2 N–H and O–H groups in total. The van der Waals surface area contributed by atoms with Crippen molar-refractivity contribution in [3.8, 4) is 0 Å². The number of carbonyl (C=O) groups is 1. The fourth-order valence-electron chi connectivity index (χ4n) is 3.01. The van der Waals surface area contributed by atoms with Gasteiger partial charge in [0.2, 0.25) is 0 Å². The van der Waals surface area contributed by atoms with Crippen molar-refractivity contribution < 1.29 is 13.6 Å². The number of hydrogen-bond acceptors (Lipinski definition) is 2. The van der Waals surface area contributed by atoms with Crippen LogP contribution in [-0.4, -0.2) is 50.5 Å². The van der Waals surface area contributed by atoms with Crippen LogP contribution >= 0.6 is 24.0 Å². The number of benzene rings is 2. The lowest BCUT2D eigenvalue weighted by molar-refractivity contribution is 0.0827. The number of hydrogen-bond donors (Lipinski definition) is 2. The fraction of sp³-hybridized carbons (Fsp3) is 0.391. The molecule has 0 spiro atoms. The smallest absolute Gasteiger partial charge is 0.253 e. The van der Waals surface area contributed by atoms with E-state index in [1.807, 2.05) is 32.0 Å². The molecule has 31 heavy (non-hydrogen) atoms. The van der Waals surface area contributed by atoms with Gasteiger partial charge in [0.25, 0.3) is 5.91 Å². The van der Waals surface area contributed by atoms with Crippen molar-refractivity contribution in [2.45, 2.75) is 26.2 Å². The summed E-state index contributed by atoms with van der Waals surface area (Å²) in [6.07, 6.45) is 0.723. The van der Waals surface area contributed by atoms with Gasteiger partial charge in [-0.2, -0.15) is 0 Å². The zero-order valence-corrected chi connectivity index (χ0v) is 20.7. The van der Waals surface area contributed by atoms with Gasteiger partial charge in [0, 0.05) is 51.3 Å². The molecular weight excluding hydrogens is 513 g/mol. The second kappa shape index (κ2) is 13.2. The zero-order valence-electron chi connectivity index (χ0n) is 18.4. The van der Waals surface area contributed by atoms with E-state index in [-0.39, 0.29) is 35.8 Å². The van der Waals surface area contributed by atoms with E-state index >= 15 is 0 Å². The van der Waals surface area contributed by atoms with E-state index in [1.165, 1.54) is 12.1 Å². The highest BCUT2D eigenvalue weighted by atomic mass is 127. The molecular formula is C23H31F2IN4O. The molecule has 8 heteroatoms. The number of nitrogens with zero attached hydrogens (tertiary/aromatic N) is 2. The molecule has 0 fully saturated rings. The van der Waals surface area contributed by atoms with Crippen LogP contribution in [0.15, 0.2) is 47.5 Å². The number of carbonyl (C=O) groups excluding carboxylic acids is 1. The van der Waals surface area contributed by atoms with Gasteiger partial charge < -0.3 is 15.5 Å². The first-order chi connectivity index (χ1) is 14.3. The minimum absolute atomic E-state index is 0. The summed E-state index contributed by atoms with van der Waals surface area (Å²) in [5.41, 5.74) is 2.15. The van der Waals surface area contributed by atoms with Crippen molar-refractivity contribution in [2.24, 2.45) is 4.99 Å². The van der Waals surface area contributed by atoms with Crippen LogP contribution in [0.5, 0.6) is 0 Å². The Morgan fingerprint density at radius 2 is 1.87 bits per heavy atom. The summed E-state index contributed by atoms with van der Waals surface area (Å²) in [5.74, 6) is -0.718. The summed E-state index contributed by atoms with van der Waals surface area (Å²) < 4.78 is 27.1. The molecule has 2 aromatic carbocycles. The van der Waals surface area contributed by atoms with Gasteiger partial charge in [0.1, 0.15) is 11.6 Å². The lowest BCUT2D eigenvalue weighted by Gasteiger charge is -2.15. The highest BCUT2D eigenvalue weighted by Crippen LogP contribution is 2.20. The van der Waals surface area contributed by atoms with Gasteiger partial charge in [-0.1, -0.05) is 25.1 Å². The molecule has 0 bridgehead atoms. The third kappa shape index (κ3) is 8.43. The van der Waals surface area contributed by atoms with E-state index in [9.17, 15) is 13.6 Å². The van der Waals surface area contributed by atoms with Gasteiger partial charge in [-0.05, 0) is 42.7 Å². The Bertz CT molecular complexity index is 890. The molecule has 0 aromatic heterocycles. The lowest BCUT2D eigenvalue weighted by Crippen LogP contribution is -2.38. The van der Waals surface area contributed by atoms with Crippen LogP contribution in [0.4, 0.5) is 8.78 Å². The molecule has 0 heterocycles. The summed E-state index contributed by atoms with van der Waals surface area (Å²) in [5, 5.41) is 6.43. The average Bonchev–Trinajstić information content (AvgIpc) is 2.71. The Kier molecular flexibility index (Phi) is 11.4. The molecule has 1 atom stereocenters. The molecule has 0 saturated heterocycles. The van der Waals surface area contributed by atoms with E-state index in [0.29, 0.717) is 36.7 Å². The van der Waals surface area contributed by atoms with Crippen LogP contribution in [0.3, 0.4) is 0 Å². The molecule has 0 saturated carbocycles. The van der Waals surface area contributed by atoms with Gasteiger partial charge in [0.05, 0.1) is 0 Å². The highest BCUT2D eigenvalue weighted by Gasteiger charge is 2.12. The predicted molar refractivity (Wildman–Crippen MR) is 132 cm³/mol. The number of halogens is 3. The maximum absolute atomic E-state index is 14.0. The zero-order chi connectivity index (χ0) is 22.1.